The van der Waals surface area contributed by atoms with E-state index in [0.29, 0.717) is 30.1 Å². The van der Waals surface area contributed by atoms with Crippen LogP contribution in [0.5, 0.6) is 0 Å². The molecular formula is C23H27F3N4O3S. The van der Waals surface area contributed by atoms with Crippen LogP contribution in [0.4, 0.5) is 23.7 Å². The Balaban J connectivity index is 1.53. The lowest BCUT2D eigenvalue weighted by Crippen LogP contribution is -2.34. The third kappa shape index (κ3) is 5.37. The highest BCUT2D eigenvalue weighted by atomic mass is 32.1. The van der Waals surface area contributed by atoms with E-state index in [1.54, 1.807) is 11.4 Å². The van der Waals surface area contributed by atoms with Crippen LogP contribution in [0.1, 0.15) is 38.3 Å². The Kier molecular flexibility index (Phi) is 6.88. The van der Waals surface area contributed by atoms with Gasteiger partial charge in [0.15, 0.2) is 0 Å². The molecule has 1 atom stereocenters. The zero-order valence-electron chi connectivity index (χ0n) is 19.0. The van der Waals surface area contributed by atoms with Crippen molar-refractivity contribution in [3.05, 3.63) is 50.7 Å². The van der Waals surface area contributed by atoms with Crippen molar-refractivity contribution in [2.45, 2.75) is 38.1 Å². The van der Waals surface area contributed by atoms with Crippen LogP contribution < -0.4 is 5.32 Å². The van der Waals surface area contributed by atoms with Gasteiger partial charge in [-0.3, -0.25) is 9.69 Å². The third-order valence-corrected chi connectivity index (χ3v) is 7.44. The zero-order chi connectivity index (χ0) is 24.6. The maximum Gasteiger partial charge on any atom is 0.416 e. The number of carboxylic acid groups (broad SMARTS) is 1. The van der Waals surface area contributed by atoms with Crippen molar-refractivity contribution in [1.29, 1.82) is 0 Å². The monoisotopic (exact) mass is 496 g/mol. The average Bonchev–Trinajstić information content (AvgIpc) is 3.39. The number of likely N-dealkylation sites (N-methyl/N-ethyl adjacent to an activating group) is 1. The number of hydrogen-bond donors (Lipinski definition) is 2. The summed E-state index contributed by atoms with van der Waals surface area (Å²) >= 11 is 1.29. The number of fused-ring (bicyclic) bond motifs is 1. The quantitative estimate of drug-likeness (QED) is 0.649. The topological polar surface area (TPSA) is 76.1 Å². The minimum Gasteiger partial charge on any atom is -0.465 e. The van der Waals surface area contributed by atoms with Gasteiger partial charge in [-0.1, -0.05) is 0 Å². The molecule has 0 spiro atoms. The molecule has 11 heteroatoms. The van der Waals surface area contributed by atoms with Crippen molar-refractivity contribution in [3.63, 3.8) is 0 Å². The number of carbonyl (C=O) groups excluding carboxylic acids is 1. The summed E-state index contributed by atoms with van der Waals surface area (Å²) in [4.78, 5) is 30.5. The van der Waals surface area contributed by atoms with Gasteiger partial charge in [0.05, 0.1) is 17.7 Å². The number of anilines is 1. The molecule has 1 fully saturated rings. The molecule has 2 aliphatic rings. The van der Waals surface area contributed by atoms with Crippen LogP contribution in [0.3, 0.4) is 0 Å². The van der Waals surface area contributed by atoms with Crippen LogP contribution in [0.15, 0.2) is 23.6 Å². The molecule has 2 N–H and O–H groups in total. The van der Waals surface area contributed by atoms with E-state index in [1.807, 2.05) is 14.1 Å². The summed E-state index contributed by atoms with van der Waals surface area (Å²) in [5.74, 6) is -0.486. The number of nitrogens with zero attached hydrogens (tertiary/aromatic N) is 3. The number of nitrogens with one attached hydrogen (secondary N) is 1. The first-order valence-corrected chi connectivity index (χ1v) is 11.9. The molecule has 0 bridgehead atoms. The predicted molar refractivity (Wildman–Crippen MR) is 123 cm³/mol. The minimum absolute atomic E-state index is 0.0982. The Morgan fingerprint density at radius 1 is 1.24 bits per heavy atom. The summed E-state index contributed by atoms with van der Waals surface area (Å²) in [5.41, 5.74) is 0.944. The molecule has 4 rings (SSSR count). The number of carbonyl (C=O) groups is 2. The third-order valence-electron chi connectivity index (χ3n) is 6.42. The van der Waals surface area contributed by atoms with Crippen LogP contribution >= 0.6 is 11.3 Å². The highest BCUT2D eigenvalue weighted by Gasteiger charge is 2.32. The number of rotatable bonds is 5. The molecule has 1 saturated heterocycles. The summed E-state index contributed by atoms with van der Waals surface area (Å²) in [7, 11) is 3.99. The van der Waals surface area contributed by atoms with Crippen LogP contribution in [-0.4, -0.2) is 71.6 Å². The fourth-order valence-electron chi connectivity index (χ4n) is 4.54. The molecule has 2 aliphatic heterocycles. The van der Waals surface area contributed by atoms with Gasteiger partial charge in [-0.2, -0.15) is 13.2 Å². The molecule has 7 nitrogen and oxygen atoms in total. The molecule has 2 amide bonds. The molecule has 0 radical (unpaired) electrons. The van der Waals surface area contributed by atoms with Crippen molar-refractivity contribution < 1.29 is 27.9 Å². The lowest BCUT2D eigenvalue weighted by Gasteiger charge is -2.24. The van der Waals surface area contributed by atoms with E-state index < -0.39 is 23.7 Å². The van der Waals surface area contributed by atoms with Gasteiger partial charge in [0, 0.05) is 48.2 Å². The first-order chi connectivity index (χ1) is 16.0. The first-order valence-electron chi connectivity index (χ1n) is 11.0. The highest BCUT2D eigenvalue weighted by Crippen LogP contribution is 2.34. The van der Waals surface area contributed by atoms with E-state index in [-0.39, 0.29) is 18.8 Å². The summed E-state index contributed by atoms with van der Waals surface area (Å²) in [6.07, 6.45) is -4.20. The number of amides is 2. The summed E-state index contributed by atoms with van der Waals surface area (Å²) in [5, 5.41) is 13.5. The summed E-state index contributed by atoms with van der Waals surface area (Å²) in [6.45, 7) is 2.43. The zero-order valence-corrected chi connectivity index (χ0v) is 19.8. The number of hydrogen-bond acceptors (Lipinski definition) is 5. The van der Waals surface area contributed by atoms with Crippen LogP contribution in [0, 0.1) is 0 Å². The fraction of sp³-hybridized carbons (Fsp3) is 0.478. The number of thiophene rings is 1. The normalized spacial score (nSPS) is 18.9. The molecule has 2 aromatic rings. The SMILES string of the molecule is CN(C)[C@H]1CCN(Cc2cc(NC(=O)c3csc4c3CCN(C(=O)O)C4)cc(C(F)(F)F)c2)C1. The summed E-state index contributed by atoms with van der Waals surface area (Å²) < 4.78 is 40.7. The smallest absolute Gasteiger partial charge is 0.416 e. The Hall–Kier alpha value is -2.63. The molecule has 1 aromatic carbocycles. The van der Waals surface area contributed by atoms with E-state index >= 15 is 0 Å². The predicted octanol–water partition coefficient (Wildman–Crippen LogP) is 4.19. The van der Waals surface area contributed by atoms with Crippen molar-refractivity contribution in [2.75, 3.05) is 39.0 Å². The fourth-order valence-corrected chi connectivity index (χ4v) is 5.63. The second kappa shape index (κ2) is 9.55. The number of halogens is 3. The van der Waals surface area contributed by atoms with Gasteiger partial charge in [-0.25, -0.2) is 4.79 Å². The molecule has 1 aromatic heterocycles. The van der Waals surface area contributed by atoms with Gasteiger partial charge in [-0.05, 0) is 56.3 Å². The Morgan fingerprint density at radius 3 is 2.65 bits per heavy atom. The second-order valence-electron chi connectivity index (χ2n) is 9.02. The molecule has 34 heavy (non-hydrogen) atoms. The highest BCUT2D eigenvalue weighted by molar-refractivity contribution is 7.10. The van der Waals surface area contributed by atoms with Crippen molar-refractivity contribution in [3.8, 4) is 0 Å². The molecule has 0 saturated carbocycles. The van der Waals surface area contributed by atoms with Gasteiger partial charge in [0.1, 0.15) is 0 Å². The van der Waals surface area contributed by atoms with Crippen LogP contribution in [0.2, 0.25) is 0 Å². The van der Waals surface area contributed by atoms with Gasteiger partial charge in [0.25, 0.3) is 5.91 Å². The Bertz CT molecular complexity index is 1090. The lowest BCUT2D eigenvalue weighted by atomic mass is 10.0. The Morgan fingerprint density at radius 2 is 2.00 bits per heavy atom. The minimum atomic E-state index is -4.53. The van der Waals surface area contributed by atoms with Gasteiger partial charge < -0.3 is 20.2 Å². The van der Waals surface area contributed by atoms with Crippen molar-refractivity contribution in [1.82, 2.24) is 14.7 Å². The van der Waals surface area contributed by atoms with Crippen LogP contribution in [-0.2, 0) is 25.7 Å². The van der Waals surface area contributed by atoms with E-state index in [2.05, 4.69) is 15.1 Å². The van der Waals surface area contributed by atoms with E-state index in [9.17, 15) is 27.9 Å². The largest absolute Gasteiger partial charge is 0.465 e. The number of benzene rings is 1. The Labute approximate surface area is 199 Å². The lowest BCUT2D eigenvalue weighted by molar-refractivity contribution is -0.137. The van der Waals surface area contributed by atoms with Crippen molar-refractivity contribution in [2.24, 2.45) is 0 Å². The van der Waals surface area contributed by atoms with Gasteiger partial charge in [-0.15, -0.1) is 11.3 Å². The maximum atomic E-state index is 13.6. The molecule has 184 valence electrons. The second-order valence-corrected chi connectivity index (χ2v) is 9.98. The number of alkyl halides is 3. The van der Waals surface area contributed by atoms with E-state index in [0.717, 1.165) is 42.1 Å². The van der Waals surface area contributed by atoms with E-state index in [1.165, 1.54) is 16.2 Å². The number of likely N-dealkylation sites (tertiary alicyclic amines) is 1. The molecule has 0 unspecified atom stereocenters. The standard InChI is InChI=1S/C23H27F3N4O3S/c1-28(2)17-3-5-29(11-17)10-14-7-15(23(24,25)26)9-16(8-14)27-21(31)19-13-34-20-12-30(22(32)33)6-4-18(19)20/h7-9,13,17H,3-6,10-12H2,1-2H3,(H,27,31)(H,32,33)/t17-/m0/s1. The van der Waals surface area contributed by atoms with Gasteiger partial charge in [0.2, 0.25) is 0 Å². The van der Waals surface area contributed by atoms with Crippen LogP contribution in [0.25, 0.3) is 0 Å². The molecule has 3 heterocycles. The average molecular weight is 497 g/mol. The first kappa shape index (κ1) is 24.5. The van der Waals surface area contributed by atoms with Gasteiger partial charge >= 0.3 is 12.3 Å². The van der Waals surface area contributed by atoms with E-state index in [4.69, 9.17) is 0 Å². The van der Waals surface area contributed by atoms with Crippen molar-refractivity contribution >= 4 is 29.0 Å². The molecular weight excluding hydrogens is 469 g/mol. The molecule has 0 aliphatic carbocycles. The summed E-state index contributed by atoms with van der Waals surface area (Å²) in [6, 6.07) is 4.07. The maximum absolute atomic E-state index is 13.6.